The highest BCUT2D eigenvalue weighted by atomic mass is 16.5. The van der Waals surface area contributed by atoms with E-state index in [9.17, 15) is 5.11 Å². The van der Waals surface area contributed by atoms with Gasteiger partial charge in [-0.1, -0.05) is 18.2 Å². The molecule has 0 aliphatic heterocycles. The summed E-state index contributed by atoms with van der Waals surface area (Å²) in [6.45, 7) is 1.70. The van der Waals surface area contributed by atoms with Gasteiger partial charge in [0.05, 0.1) is 6.10 Å². The summed E-state index contributed by atoms with van der Waals surface area (Å²) in [7, 11) is 0. The zero-order valence-corrected chi connectivity index (χ0v) is 11.0. The maximum Gasteiger partial charge on any atom is 0.219 e. The lowest BCUT2D eigenvalue weighted by atomic mass is 10.2. The Labute approximate surface area is 116 Å². The molecule has 0 spiro atoms. The van der Waals surface area contributed by atoms with Crippen LogP contribution in [-0.4, -0.2) is 15.1 Å². The number of rotatable bonds is 3. The maximum atomic E-state index is 9.45. The predicted octanol–water partition coefficient (Wildman–Crippen LogP) is 3.48. The molecule has 0 fully saturated rings. The molecule has 1 aromatic carbocycles. The highest BCUT2D eigenvalue weighted by Gasteiger charge is 2.06. The SMILES string of the molecule is C[C@H](O)c1ccc(Oc2cccc3cccnc23)nc1. The molecule has 1 atom stereocenters. The Morgan fingerprint density at radius 2 is 1.90 bits per heavy atom. The number of benzene rings is 1. The largest absolute Gasteiger partial charge is 0.437 e. The van der Waals surface area contributed by atoms with Crippen molar-refractivity contribution in [3.63, 3.8) is 0 Å². The zero-order chi connectivity index (χ0) is 13.9. The van der Waals surface area contributed by atoms with Crippen LogP contribution >= 0.6 is 0 Å². The van der Waals surface area contributed by atoms with Crippen molar-refractivity contribution in [1.82, 2.24) is 9.97 Å². The Kier molecular flexibility index (Phi) is 3.31. The van der Waals surface area contributed by atoms with Crippen molar-refractivity contribution in [3.8, 4) is 11.6 Å². The molecule has 0 aliphatic rings. The molecule has 100 valence electrons. The van der Waals surface area contributed by atoms with Gasteiger partial charge in [-0.25, -0.2) is 4.98 Å². The van der Waals surface area contributed by atoms with Crippen LogP contribution in [-0.2, 0) is 0 Å². The quantitative estimate of drug-likeness (QED) is 0.788. The van der Waals surface area contributed by atoms with Gasteiger partial charge in [0.1, 0.15) is 5.52 Å². The first-order valence-electron chi connectivity index (χ1n) is 6.39. The van der Waals surface area contributed by atoms with Crippen LogP contribution in [0.15, 0.2) is 54.9 Å². The zero-order valence-electron chi connectivity index (χ0n) is 11.0. The van der Waals surface area contributed by atoms with Crippen LogP contribution in [0.2, 0.25) is 0 Å². The summed E-state index contributed by atoms with van der Waals surface area (Å²) in [6, 6.07) is 13.2. The lowest BCUT2D eigenvalue weighted by molar-refractivity contribution is 0.198. The molecule has 0 radical (unpaired) electrons. The number of hydrogen-bond donors (Lipinski definition) is 1. The van der Waals surface area contributed by atoms with Crippen LogP contribution in [0.25, 0.3) is 10.9 Å². The fourth-order valence-corrected chi connectivity index (χ4v) is 1.97. The molecule has 0 amide bonds. The Morgan fingerprint density at radius 1 is 1.05 bits per heavy atom. The molecule has 0 unspecified atom stereocenters. The minimum Gasteiger partial charge on any atom is -0.437 e. The van der Waals surface area contributed by atoms with Crippen molar-refractivity contribution in [2.45, 2.75) is 13.0 Å². The van der Waals surface area contributed by atoms with E-state index in [0.29, 0.717) is 11.6 Å². The number of pyridine rings is 2. The molecule has 20 heavy (non-hydrogen) atoms. The molecule has 1 N–H and O–H groups in total. The second kappa shape index (κ2) is 5.27. The first-order valence-corrected chi connectivity index (χ1v) is 6.39. The van der Waals surface area contributed by atoms with E-state index in [1.807, 2.05) is 30.3 Å². The van der Waals surface area contributed by atoms with Crippen LogP contribution < -0.4 is 4.74 Å². The van der Waals surface area contributed by atoms with E-state index < -0.39 is 6.10 Å². The van der Waals surface area contributed by atoms with Gasteiger partial charge < -0.3 is 9.84 Å². The van der Waals surface area contributed by atoms with Crippen LogP contribution in [0, 0.1) is 0 Å². The third kappa shape index (κ3) is 2.46. The summed E-state index contributed by atoms with van der Waals surface area (Å²) in [6.07, 6.45) is 2.81. The van der Waals surface area contributed by atoms with Crippen molar-refractivity contribution >= 4 is 10.9 Å². The summed E-state index contributed by atoms with van der Waals surface area (Å²) in [4.78, 5) is 8.52. The second-order valence-electron chi connectivity index (χ2n) is 4.54. The van der Waals surface area contributed by atoms with E-state index in [4.69, 9.17) is 4.74 Å². The van der Waals surface area contributed by atoms with Gasteiger partial charge in [-0.3, -0.25) is 4.98 Å². The summed E-state index contributed by atoms with van der Waals surface area (Å²) < 4.78 is 5.77. The summed E-state index contributed by atoms with van der Waals surface area (Å²) in [5, 5.41) is 10.5. The molecule has 4 heteroatoms. The van der Waals surface area contributed by atoms with Crippen LogP contribution in [0.1, 0.15) is 18.6 Å². The second-order valence-corrected chi connectivity index (χ2v) is 4.54. The third-order valence-electron chi connectivity index (χ3n) is 3.05. The van der Waals surface area contributed by atoms with E-state index in [1.165, 1.54) is 0 Å². The summed E-state index contributed by atoms with van der Waals surface area (Å²) in [5.74, 6) is 1.15. The third-order valence-corrected chi connectivity index (χ3v) is 3.05. The van der Waals surface area contributed by atoms with Gasteiger partial charge in [-0.05, 0) is 30.7 Å². The standard InChI is InChI=1S/C16H14N2O2/c1-11(19)13-7-8-15(18-10-13)20-14-6-2-4-12-5-3-9-17-16(12)14/h2-11,19H,1H3/t11-/m0/s1. The topological polar surface area (TPSA) is 55.2 Å². The molecular weight excluding hydrogens is 252 g/mol. The Hall–Kier alpha value is -2.46. The van der Waals surface area contributed by atoms with Gasteiger partial charge in [0.2, 0.25) is 5.88 Å². The summed E-state index contributed by atoms with van der Waals surface area (Å²) >= 11 is 0. The molecule has 0 saturated heterocycles. The van der Waals surface area contributed by atoms with E-state index >= 15 is 0 Å². The smallest absolute Gasteiger partial charge is 0.219 e. The molecule has 0 aliphatic carbocycles. The molecule has 0 saturated carbocycles. The predicted molar refractivity (Wildman–Crippen MR) is 76.7 cm³/mol. The van der Waals surface area contributed by atoms with Crippen LogP contribution in [0.5, 0.6) is 11.6 Å². The minimum absolute atomic E-state index is 0.479. The normalized spacial score (nSPS) is 12.3. The van der Waals surface area contributed by atoms with Gasteiger partial charge >= 0.3 is 0 Å². The van der Waals surface area contributed by atoms with Gasteiger partial charge in [0.15, 0.2) is 5.75 Å². The first kappa shape index (κ1) is 12.6. The number of hydrogen-bond acceptors (Lipinski definition) is 4. The Morgan fingerprint density at radius 3 is 2.65 bits per heavy atom. The fourth-order valence-electron chi connectivity index (χ4n) is 1.97. The van der Waals surface area contributed by atoms with Crippen molar-refractivity contribution in [2.75, 3.05) is 0 Å². The monoisotopic (exact) mass is 266 g/mol. The molecule has 3 rings (SSSR count). The van der Waals surface area contributed by atoms with Crippen LogP contribution in [0.4, 0.5) is 0 Å². The fraction of sp³-hybridized carbons (Fsp3) is 0.125. The molecule has 3 aromatic rings. The lowest BCUT2D eigenvalue weighted by Gasteiger charge is -2.08. The number of para-hydroxylation sites is 1. The summed E-state index contributed by atoms with van der Waals surface area (Å²) in [5.41, 5.74) is 1.56. The van der Waals surface area contributed by atoms with Gasteiger partial charge in [0, 0.05) is 23.8 Å². The number of fused-ring (bicyclic) bond motifs is 1. The van der Waals surface area contributed by atoms with E-state index in [0.717, 1.165) is 16.5 Å². The van der Waals surface area contributed by atoms with Gasteiger partial charge in [-0.2, -0.15) is 0 Å². The van der Waals surface area contributed by atoms with Gasteiger partial charge in [-0.15, -0.1) is 0 Å². The van der Waals surface area contributed by atoms with Crippen LogP contribution in [0.3, 0.4) is 0 Å². The molecule has 0 bridgehead atoms. The number of ether oxygens (including phenoxy) is 1. The Bertz CT molecular complexity index is 719. The number of nitrogens with zero attached hydrogens (tertiary/aromatic N) is 2. The highest BCUT2D eigenvalue weighted by Crippen LogP contribution is 2.27. The van der Waals surface area contributed by atoms with Crippen molar-refractivity contribution < 1.29 is 9.84 Å². The number of aliphatic hydroxyl groups excluding tert-OH is 1. The average Bonchev–Trinajstić information content (AvgIpc) is 2.48. The highest BCUT2D eigenvalue weighted by molar-refractivity contribution is 5.84. The van der Waals surface area contributed by atoms with E-state index in [1.54, 1.807) is 31.5 Å². The Balaban J connectivity index is 1.93. The van der Waals surface area contributed by atoms with Crippen molar-refractivity contribution in [1.29, 1.82) is 0 Å². The first-order chi connectivity index (χ1) is 9.74. The molecule has 4 nitrogen and oxygen atoms in total. The minimum atomic E-state index is -0.532. The molecule has 2 aromatic heterocycles. The number of aliphatic hydroxyl groups is 1. The van der Waals surface area contributed by atoms with Crippen molar-refractivity contribution in [3.05, 3.63) is 60.4 Å². The van der Waals surface area contributed by atoms with E-state index in [-0.39, 0.29) is 0 Å². The molecule has 2 heterocycles. The average molecular weight is 266 g/mol. The van der Waals surface area contributed by atoms with Gasteiger partial charge in [0.25, 0.3) is 0 Å². The maximum absolute atomic E-state index is 9.45. The molecular formula is C16H14N2O2. The number of aromatic nitrogens is 2. The van der Waals surface area contributed by atoms with Crippen molar-refractivity contribution in [2.24, 2.45) is 0 Å². The van der Waals surface area contributed by atoms with E-state index in [2.05, 4.69) is 9.97 Å². The lowest BCUT2D eigenvalue weighted by Crippen LogP contribution is -1.94.